The van der Waals surface area contributed by atoms with Crippen LogP contribution in [0.3, 0.4) is 0 Å². The second-order valence-corrected chi connectivity index (χ2v) is 12.9. The molecule has 1 aromatic carbocycles. The van der Waals surface area contributed by atoms with Gasteiger partial charge < -0.3 is 52.1 Å². The molecule has 0 spiro atoms. The molecule has 0 bridgehead atoms. The molecule has 0 atom stereocenters. The van der Waals surface area contributed by atoms with Crippen molar-refractivity contribution in [2.45, 2.75) is 97.0 Å². The fraction of sp³-hybridized carbons (Fsp3) is 0.857. The summed E-state index contributed by atoms with van der Waals surface area (Å²) in [7, 11) is 0. The largest absolute Gasteiger partial charge is 0.379 e. The van der Waals surface area contributed by atoms with Crippen molar-refractivity contribution in [2.24, 2.45) is 0 Å². The Kier molecular flexibility index (Phi) is 42.4. The molecule has 312 valence electrons. The SMILES string of the molecule is CCCCCCCCCCCCCCCOCCOCCOCCOCCOCCOCCOCCOCCOCCOCCOCc1ccccc1. The first-order chi connectivity index (χ1) is 26.4. The van der Waals surface area contributed by atoms with Crippen LogP contribution in [0.4, 0.5) is 0 Å². The molecule has 53 heavy (non-hydrogen) atoms. The molecule has 0 heterocycles. The van der Waals surface area contributed by atoms with Crippen LogP contribution >= 0.6 is 0 Å². The zero-order valence-electron chi connectivity index (χ0n) is 33.6. The Morgan fingerprint density at radius 2 is 0.509 bits per heavy atom. The summed E-state index contributed by atoms with van der Waals surface area (Å²) in [4.78, 5) is 0. The first kappa shape index (κ1) is 49.8. The Hall–Kier alpha value is -1.22. The molecule has 0 unspecified atom stereocenters. The average molecular weight is 759 g/mol. The average Bonchev–Trinajstić information content (AvgIpc) is 3.18. The second kappa shape index (κ2) is 45.2. The molecule has 0 aliphatic rings. The first-order valence-electron chi connectivity index (χ1n) is 20.8. The van der Waals surface area contributed by atoms with E-state index < -0.39 is 0 Å². The van der Waals surface area contributed by atoms with Gasteiger partial charge >= 0.3 is 0 Å². The Morgan fingerprint density at radius 1 is 0.264 bits per heavy atom. The lowest BCUT2D eigenvalue weighted by Gasteiger charge is -2.09. The summed E-state index contributed by atoms with van der Waals surface area (Å²) in [6, 6.07) is 10.1. The highest BCUT2D eigenvalue weighted by Crippen LogP contribution is 2.12. The molecule has 0 aromatic heterocycles. The standard InChI is InChI=1S/C42H78O11/c1-2-3-4-5-6-7-8-9-10-11-12-13-17-20-43-21-22-44-23-24-45-25-26-46-27-28-47-29-30-48-31-32-49-33-34-50-35-36-51-37-38-52-39-40-53-41-42-18-15-14-16-19-42/h14-16,18-19H,2-13,17,20-41H2,1H3. The quantitative estimate of drug-likeness (QED) is 0.0620. The summed E-state index contributed by atoms with van der Waals surface area (Å²) in [5.74, 6) is 0. The normalized spacial score (nSPS) is 11.6. The van der Waals surface area contributed by atoms with E-state index in [1.165, 1.54) is 77.0 Å². The molecule has 11 heteroatoms. The lowest BCUT2D eigenvalue weighted by molar-refractivity contribution is -0.0277. The smallest absolute Gasteiger partial charge is 0.0718 e. The van der Waals surface area contributed by atoms with Crippen molar-refractivity contribution in [3.8, 4) is 0 Å². The monoisotopic (exact) mass is 759 g/mol. The molecule has 0 aliphatic carbocycles. The van der Waals surface area contributed by atoms with Crippen molar-refractivity contribution in [1.82, 2.24) is 0 Å². The molecule has 0 fully saturated rings. The molecule has 0 saturated heterocycles. The summed E-state index contributed by atoms with van der Waals surface area (Å²) < 4.78 is 61.0. The maximum absolute atomic E-state index is 5.68. The van der Waals surface area contributed by atoms with E-state index in [1.54, 1.807) is 0 Å². The molecule has 0 saturated carbocycles. The highest BCUT2D eigenvalue weighted by Gasteiger charge is 1.98. The van der Waals surface area contributed by atoms with Crippen molar-refractivity contribution in [3.05, 3.63) is 35.9 Å². The number of unbranched alkanes of at least 4 members (excludes halogenated alkanes) is 12. The van der Waals surface area contributed by atoms with Gasteiger partial charge in [-0.1, -0.05) is 114 Å². The van der Waals surface area contributed by atoms with Crippen molar-refractivity contribution in [1.29, 1.82) is 0 Å². The summed E-state index contributed by atoms with van der Waals surface area (Å²) in [6.07, 6.45) is 17.8. The first-order valence-corrected chi connectivity index (χ1v) is 20.8. The predicted molar refractivity (Wildman–Crippen MR) is 210 cm³/mol. The van der Waals surface area contributed by atoms with Gasteiger partial charge in [0, 0.05) is 6.61 Å². The van der Waals surface area contributed by atoms with Gasteiger partial charge in [-0.2, -0.15) is 0 Å². The maximum atomic E-state index is 5.68. The molecular weight excluding hydrogens is 680 g/mol. The minimum atomic E-state index is 0.522. The van der Waals surface area contributed by atoms with Crippen LogP contribution in [0.25, 0.3) is 0 Å². The van der Waals surface area contributed by atoms with E-state index in [2.05, 4.69) is 6.92 Å². The van der Waals surface area contributed by atoms with Gasteiger partial charge in [0.25, 0.3) is 0 Å². The van der Waals surface area contributed by atoms with Gasteiger partial charge in [0.1, 0.15) is 0 Å². The zero-order chi connectivity index (χ0) is 37.6. The number of hydrogen-bond donors (Lipinski definition) is 0. The van der Waals surface area contributed by atoms with Crippen LogP contribution in [0.1, 0.15) is 96.0 Å². The lowest BCUT2D eigenvalue weighted by atomic mass is 10.0. The molecule has 0 aliphatic heterocycles. The van der Waals surface area contributed by atoms with Crippen molar-refractivity contribution >= 4 is 0 Å². The van der Waals surface area contributed by atoms with Gasteiger partial charge in [0.05, 0.1) is 139 Å². The van der Waals surface area contributed by atoms with Crippen LogP contribution in [0.2, 0.25) is 0 Å². The highest BCUT2D eigenvalue weighted by atomic mass is 16.6. The van der Waals surface area contributed by atoms with Gasteiger partial charge in [-0.05, 0) is 12.0 Å². The third kappa shape index (κ3) is 41.8. The summed E-state index contributed by atoms with van der Waals surface area (Å²) in [5, 5.41) is 0. The van der Waals surface area contributed by atoms with Crippen molar-refractivity contribution < 1.29 is 52.1 Å². The van der Waals surface area contributed by atoms with Crippen LogP contribution < -0.4 is 0 Å². The van der Waals surface area contributed by atoms with Gasteiger partial charge in [-0.15, -0.1) is 0 Å². The van der Waals surface area contributed by atoms with Crippen LogP contribution in [0.5, 0.6) is 0 Å². The van der Waals surface area contributed by atoms with Gasteiger partial charge in [0.2, 0.25) is 0 Å². The predicted octanol–water partition coefficient (Wildman–Crippen LogP) is 7.46. The fourth-order valence-corrected chi connectivity index (χ4v) is 5.19. The van der Waals surface area contributed by atoms with E-state index in [1.807, 2.05) is 30.3 Å². The van der Waals surface area contributed by atoms with E-state index >= 15 is 0 Å². The number of rotatable bonds is 46. The molecule has 0 radical (unpaired) electrons. The van der Waals surface area contributed by atoms with E-state index in [0.717, 1.165) is 18.6 Å². The molecule has 0 N–H and O–H groups in total. The summed E-state index contributed by atoms with van der Waals surface area (Å²) >= 11 is 0. The van der Waals surface area contributed by atoms with Crippen LogP contribution in [-0.2, 0) is 58.7 Å². The highest BCUT2D eigenvalue weighted by molar-refractivity contribution is 5.13. The molecule has 1 aromatic rings. The Labute approximate surface area is 323 Å². The van der Waals surface area contributed by atoms with Crippen LogP contribution in [0.15, 0.2) is 30.3 Å². The molecule has 0 amide bonds. The number of benzene rings is 1. The summed E-state index contributed by atoms with van der Waals surface area (Å²) in [6.45, 7) is 14.7. The maximum Gasteiger partial charge on any atom is 0.0718 e. The molecule has 11 nitrogen and oxygen atoms in total. The van der Waals surface area contributed by atoms with Gasteiger partial charge in [0.15, 0.2) is 0 Å². The number of ether oxygens (including phenoxy) is 11. The Bertz CT molecular complexity index is 790. The second-order valence-electron chi connectivity index (χ2n) is 12.9. The van der Waals surface area contributed by atoms with E-state index in [9.17, 15) is 0 Å². The Balaban J connectivity index is 1.60. The third-order valence-corrected chi connectivity index (χ3v) is 8.22. The molecular formula is C42H78O11. The zero-order valence-corrected chi connectivity index (χ0v) is 33.6. The van der Waals surface area contributed by atoms with Crippen LogP contribution in [0, 0.1) is 0 Å². The number of hydrogen-bond acceptors (Lipinski definition) is 11. The molecule has 1 rings (SSSR count). The van der Waals surface area contributed by atoms with E-state index in [0.29, 0.717) is 139 Å². The Morgan fingerprint density at radius 3 is 0.811 bits per heavy atom. The fourth-order valence-electron chi connectivity index (χ4n) is 5.19. The minimum Gasteiger partial charge on any atom is -0.379 e. The van der Waals surface area contributed by atoms with E-state index in [4.69, 9.17) is 52.1 Å². The topological polar surface area (TPSA) is 102 Å². The van der Waals surface area contributed by atoms with E-state index in [-0.39, 0.29) is 0 Å². The van der Waals surface area contributed by atoms with Crippen LogP contribution in [-0.4, -0.2) is 139 Å². The minimum absolute atomic E-state index is 0.522. The van der Waals surface area contributed by atoms with Gasteiger partial charge in [-0.3, -0.25) is 0 Å². The van der Waals surface area contributed by atoms with Crippen molar-refractivity contribution in [2.75, 3.05) is 139 Å². The van der Waals surface area contributed by atoms with Gasteiger partial charge in [-0.25, -0.2) is 0 Å². The summed E-state index contributed by atoms with van der Waals surface area (Å²) in [5.41, 5.74) is 1.16. The van der Waals surface area contributed by atoms with Crippen molar-refractivity contribution in [3.63, 3.8) is 0 Å². The third-order valence-electron chi connectivity index (χ3n) is 8.22. The lowest BCUT2D eigenvalue weighted by Crippen LogP contribution is -2.15.